The lowest BCUT2D eigenvalue weighted by Crippen LogP contribution is -2.14. The highest BCUT2D eigenvalue weighted by molar-refractivity contribution is 5.81. The molecule has 0 aromatic heterocycles. The van der Waals surface area contributed by atoms with E-state index < -0.39 is 5.97 Å². The van der Waals surface area contributed by atoms with Crippen molar-refractivity contribution in [3.05, 3.63) is 66.7 Å². The van der Waals surface area contributed by atoms with Gasteiger partial charge < -0.3 is 28.4 Å². The first kappa shape index (κ1) is 29.0. The summed E-state index contributed by atoms with van der Waals surface area (Å²) in [6.45, 7) is 8.10. The van der Waals surface area contributed by atoms with E-state index in [-0.39, 0.29) is 6.61 Å². The zero-order chi connectivity index (χ0) is 25.7. The van der Waals surface area contributed by atoms with Gasteiger partial charge >= 0.3 is 5.97 Å². The number of rotatable bonds is 20. The number of nitrogens with zero attached hydrogens (tertiary/aromatic N) is 1. The van der Waals surface area contributed by atoms with Crippen molar-refractivity contribution in [2.45, 2.75) is 12.8 Å². The Morgan fingerprint density at radius 3 is 1.69 bits per heavy atom. The minimum Gasteiger partial charge on any atom is -0.494 e. The Bertz CT molecular complexity index is 907. The second kappa shape index (κ2) is 19.0. The first-order chi connectivity index (χ1) is 17.7. The molecule has 0 fully saturated rings. The summed E-state index contributed by atoms with van der Waals surface area (Å²) in [5, 5.41) is 8.89. The fourth-order valence-electron chi connectivity index (χ4n) is 3.00. The number of nitriles is 1. The molecule has 8 heteroatoms. The molecule has 0 bridgehead atoms. The van der Waals surface area contributed by atoms with Crippen LogP contribution in [0.2, 0.25) is 0 Å². The molecule has 0 spiro atoms. The highest BCUT2D eigenvalue weighted by atomic mass is 16.6. The van der Waals surface area contributed by atoms with Crippen LogP contribution in [-0.2, 0) is 28.5 Å². The summed E-state index contributed by atoms with van der Waals surface area (Å²) in [6, 6.07) is 17.6. The van der Waals surface area contributed by atoms with Crippen molar-refractivity contribution in [3.8, 4) is 22.9 Å². The van der Waals surface area contributed by atoms with E-state index in [1.165, 1.54) is 0 Å². The summed E-state index contributed by atoms with van der Waals surface area (Å²) in [5.74, 6) is 0.384. The summed E-state index contributed by atoms with van der Waals surface area (Å²) in [4.78, 5) is 10.8. The van der Waals surface area contributed by atoms with Gasteiger partial charge in [-0.15, -0.1) is 0 Å². The normalized spacial score (nSPS) is 10.5. The van der Waals surface area contributed by atoms with Crippen LogP contribution in [-0.4, -0.2) is 72.0 Å². The maximum Gasteiger partial charge on any atom is 0.330 e. The quantitative estimate of drug-likeness (QED) is 0.153. The molecule has 0 radical (unpaired) electrons. The zero-order valence-electron chi connectivity index (χ0n) is 20.7. The fourth-order valence-corrected chi connectivity index (χ4v) is 3.00. The first-order valence-electron chi connectivity index (χ1n) is 12.1. The van der Waals surface area contributed by atoms with Crippen LogP contribution in [0.15, 0.2) is 61.2 Å². The third kappa shape index (κ3) is 13.0. The van der Waals surface area contributed by atoms with Gasteiger partial charge in [-0.1, -0.05) is 30.8 Å². The molecule has 0 unspecified atom stereocenters. The van der Waals surface area contributed by atoms with Crippen LogP contribution in [0.5, 0.6) is 5.75 Å². The Morgan fingerprint density at radius 2 is 1.17 bits per heavy atom. The number of unbranched alkanes of at least 4 members (excludes halogenated alkanes) is 1. The number of hydrogen-bond acceptors (Lipinski definition) is 8. The highest BCUT2D eigenvalue weighted by Gasteiger charge is 2.00. The molecule has 0 aliphatic carbocycles. The topological polar surface area (TPSA) is 96.2 Å². The Balaban J connectivity index is 1.35. The number of ether oxygens (including phenoxy) is 6. The van der Waals surface area contributed by atoms with Gasteiger partial charge in [0, 0.05) is 12.7 Å². The number of esters is 1. The molecule has 2 rings (SSSR count). The minimum atomic E-state index is -0.454. The zero-order valence-corrected chi connectivity index (χ0v) is 20.7. The van der Waals surface area contributed by atoms with Crippen LogP contribution in [0.4, 0.5) is 0 Å². The molecular weight excluding hydrogens is 462 g/mol. The van der Waals surface area contributed by atoms with E-state index in [1.807, 2.05) is 48.5 Å². The van der Waals surface area contributed by atoms with E-state index in [2.05, 4.69) is 12.6 Å². The lowest BCUT2D eigenvalue weighted by Gasteiger charge is -2.09. The molecule has 0 atom stereocenters. The summed E-state index contributed by atoms with van der Waals surface area (Å²) < 4.78 is 32.3. The van der Waals surface area contributed by atoms with Gasteiger partial charge in [-0.05, 0) is 48.2 Å². The van der Waals surface area contributed by atoms with Crippen LogP contribution in [0.1, 0.15) is 18.4 Å². The Labute approximate surface area is 213 Å². The maximum atomic E-state index is 10.8. The van der Waals surface area contributed by atoms with Crippen LogP contribution in [0.3, 0.4) is 0 Å². The molecule has 36 heavy (non-hydrogen) atoms. The lowest BCUT2D eigenvalue weighted by molar-refractivity contribution is -0.139. The smallest absolute Gasteiger partial charge is 0.330 e. The van der Waals surface area contributed by atoms with Crippen LogP contribution in [0, 0.1) is 11.3 Å². The van der Waals surface area contributed by atoms with E-state index in [4.69, 9.17) is 33.7 Å². The van der Waals surface area contributed by atoms with Crippen molar-refractivity contribution in [1.29, 1.82) is 5.26 Å². The summed E-state index contributed by atoms with van der Waals surface area (Å²) in [6.07, 6.45) is 2.94. The second-order valence-electron chi connectivity index (χ2n) is 7.59. The van der Waals surface area contributed by atoms with Crippen molar-refractivity contribution in [2.24, 2.45) is 0 Å². The highest BCUT2D eigenvalue weighted by Crippen LogP contribution is 2.22. The predicted octanol–water partition coefficient (Wildman–Crippen LogP) is 4.18. The van der Waals surface area contributed by atoms with Gasteiger partial charge in [0.1, 0.15) is 12.4 Å². The van der Waals surface area contributed by atoms with Crippen molar-refractivity contribution < 1.29 is 33.2 Å². The van der Waals surface area contributed by atoms with Gasteiger partial charge in [-0.25, -0.2) is 4.79 Å². The Morgan fingerprint density at radius 1 is 0.694 bits per heavy atom. The summed E-state index contributed by atoms with van der Waals surface area (Å²) >= 11 is 0. The number of carbonyl (C=O) groups excluding carboxylic acids is 1. The van der Waals surface area contributed by atoms with E-state index in [1.54, 1.807) is 0 Å². The standard InChI is InChI=1S/C28H35NO7/c1-2-28(30)36-22-21-34-20-19-33-18-17-32-16-15-31-13-3-4-14-35-27-11-9-26(10-12-27)25-7-5-24(23-29)6-8-25/h2,5-12H,1,3-4,13-22H2. The SMILES string of the molecule is C=CC(=O)OCCOCCOCCOCCOCCCCOc1ccc(-c2ccc(C#N)cc2)cc1. The minimum absolute atomic E-state index is 0.205. The van der Waals surface area contributed by atoms with Gasteiger partial charge in [-0.2, -0.15) is 5.26 Å². The van der Waals surface area contributed by atoms with Gasteiger partial charge in [-0.3, -0.25) is 0 Å². The third-order valence-corrected chi connectivity index (χ3v) is 4.91. The van der Waals surface area contributed by atoms with E-state index >= 15 is 0 Å². The van der Waals surface area contributed by atoms with Crippen molar-refractivity contribution in [2.75, 3.05) is 66.1 Å². The van der Waals surface area contributed by atoms with Crippen LogP contribution >= 0.6 is 0 Å². The molecule has 0 aliphatic heterocycles. The van der Waals surface area contributed by atoms with E-state index in [0.29, 0.717) is 65.0 Å². The van der Waals surface area contributed by atoms with Crippen molar-refractivity contribution in [3.63, 3.8) is 0 Å². The van der Waals surface area contributed by atoms with Gasteiger partial charge in [0.25, 0.3) is 0 Å². The summed E-state index contributed by atoms with van der Waals surface area (Å²) in [5.41, 5.74) is 2.81. The molecule has 2 aromatic carbocycles. The van der Waals surface area contributed by atoms with Crippen LogP contribution < -0.4 is 4.74 Å². The van der Waals surface area contributed by atoms with E-state index in [9.17, 15) is 4.79 Å². The molecular formula is C28H35NO7. The van der Waals surface area contributed by atoms with E-state index in [0.717, 1.165) is 35.8 Å². The largest absolute Gasteiger partial charge is 0.494 e. The molecule has 0 heterocycles. The second-order valence-corrected chi connectivity index (χ2v) is 7.59. The fraction of sp³-hybridized carbons (Fsp3) is 0.429. The predicted molar refractivity (Wildman–Crippen MR) is 136 cm³/mol. The average molecular weight is 498 g/mol. The molecule has 0 aliphatic rings. The summed E-state index contributed by atoms with van der Waals surface area (Å²) in [7, 11) is 0. The molecule has 194 valence electrons. The first-order valence-corrected chi connectivity index (χ1v) is 12.1. The number of carbonyl (C=O) groups is 1. The van der Waals surface area contributed by atoms with Crippen molar-refractivity contribution in [1.82, 2.24) is 0 Å². The average Bonchev–Trinajstić information content (AvgIpc) is 2.92. The maximum absolute atomic E-state index is 10.8. The van der Waals surface area contributed by atoms with Gasteiger partial charge in [0.2, 0.25) is 0 Å². The molecule has 2 aromatic rings. The van der Waals surface area contributed by atoms with Crippen LogP contribution in [0.25, 0.3) is 11.1 Å². The number of benzene rings is 2. The Hall–Kier alpha value is -3.22. The molecule has 0 saturated carbocycles. The van der Waals surface area contributed by atoms with Crippen molar-refractivity contribution >= 4 is 5.97 Å². The third-order valence-electron chi connectivity index (χ3n) is 4.91. The molecule has 0 saturated heterocycles. The molecule has 0 amide bonds. The van der Waals surface area contributed by atoms with Gasteiger partial charge in [0.05, 0.1) is 64.5 Å². The number of hydrogen-bond donors (Lipinski definition) is 0. The Kier molecular flexibility index (Phi) is 15.3. The lowest BCUT2D eigenvalue weighted by atomic mass is 10.0. The molecule has 8 nitrogen and oxygen atoms in total. The monoisotopic (exact) mass is 497 g/mol. The molecule has 0 N–H and O–H groups in total. The van der Waals surface area contributed by atoms with Gasteiger partial charge in [0.15, 0.2) is 0 Å².